The van der Waals surface area contributed by atoms with Crippen molar-refractivity contribution in [2.24, 2.45) is 0 Å². The summed E-state index contributed by atoms with van der Waals surface area (Å²) in [5, 5.41) is 12.3. The molecule has 138 valence electrons. The summed E-state index contributed by atoms with van der Waals surface area (Å²) >= 11 is 0. The van der Waals surface area contributed by atoms with E-state index in [1.807, 2.05) is 0 Å². The summed E-state index contributed by atoms with van der Waals surface area (Å²) in [6, 6.07) is 15.2. The van der Waals surface area contributed by atoms with Crippen LogP contribution in [0.3, 0.4) is 0 Å². The number of benzene rings is 3. The molecule has 0 saturated carbocycles. The lowest BCUT2D eigenvalue weighted by Gasteiger charge is -2.17. The van der Waals surface area contributed by atoms with Gasteiger partial charge in [-0.25, -0.2) is 13.6 Å². The molecule has 0 aliphatic heterocycles. The first kappa shape index (κ1) is 18.2. The van der Waals surface area contributed by atoms with E-state index < -0.39 is 17.6 Å². The molecule has 4 N–H and O–H groups in total. The Morgan fingerprint density at radius 2 is 1.78 bits per heavy atom. The minimum absolute atomic E-state index is 0.0411. The van der Waals surface area contributed by atoms with E-state index in [1.165, 1.54) is 24.3 Å². The fraction of sp³-hybridized carbons (Fsp3) is 0.0500. The highest BCUT2D eigenvalue weighted by molar-refractivity contribution is 5.97. The Labute approximate surface area is 154 Å². The zero-order valence-electron chi connectivity index (χ0n) is 14.1. The molecule has 0 aliphatic carbocycles. The highest BCUT2D eigenvalue weighted by Gasteiger charge is 2.19. The molecule has 0 aromatic heterocycles. The minimum Gasteiger partial charge on any atom is -0.478 e. The summed E-state index contributed by atoms with van der Waals surface area (Å²) in [6.07, 6.45) is 0. The second kappa shape index (κ2) is 7.74. The molecule has 0 heterocycles. The Hall–Kier alpha value is -3.61. The average molecular weight is 370 g/mol. The Balaban J connectivity index is 1.99. The molecular weight excluding hydrogens is 354 g/mol. The van der Waals surface area contributed by atoms with Gasteiger partial charge in [0.15, 0.2) is 17.4 Å². The third-order valence-electron chi connectivity index (χ3n) is 3.87. The molecule has 0 aliphatic rings. The van der Waals surface area contributed by atoms with Crippen LogP contribution in [-0.2, 0) is 6.54 Å². The van der Waals surface area contributed by atoms with Crippen molar-refractivity contribution in [3.8, 4) is 11.5 Å². The molecule has 5 nitrogen and oxygen atoms in total. The van der Waals surface area contributed by atoms with E-state index in [2.05, 4.69) is 5.32 Å². The van der Waals surface area contributed by atoms with Gasteiger partial charge in [0.25, 0.3) is 0 Å². The fourth-order valence-electron chi connectivity index (χ4n) is 2.54. The molecule has 27 heavy (non-hydrogen) atoms. The lowest BCUT2D eigenvalue weighted by molar-refractivity contribution is 0.0697. The first-order valence-electron chi connectivity index (χ1n) is 8.03. The molecule has 3 rings (SSSR count). The SMILES string of the molecule is Nc1ccc(C(=O)O)c(NCc2cccc(F)c2F)c1Oc1ccccc1. The van der Waals surface area contributed by atoms with Crippen LogP contribution in [0.2, 0.25) is 0 Å². The van der Waals surface area contributed by atoms with Gasteiger partial charge in [0.2, 0.25) is 0 Å². The molecule has 0 bridgehead atoms. The van der Waals surface area contributed by atoms with Crippen LogP contribution in [0.4, 0.5) is 20.2 Å². The Morgan fingerprint density at radius 1 is 1.04 bits per heavy atom. The van der Waals surface area contributed by atoms with Crippen LogP contribution in [0.15, 0.2) is 60.7 Å². The molecule has 0 unspecified atom stereocenters. The first-order valence-corrected chi connectivity index (χ1v) is 8.03. The summed E-state index contributed by atoms with van der Waals surface area (Å²) in [5.41, 5.74) is 6.18. The van der Waals surface area contributed by atoms with Gasteiger partial charge in [0.05, 0.1) is 16.9 Å². The standard InChI is InChI=1S/C20H16F2N2O3/c21-15-8-4-5-12(17(15)22)11-24-18-14(20(25)26)9-10-16(23)19(18)27-13-6-2-1-3-7-13/h1-10,24H,11,23H2,(H,25,26). The van der Waals surface area contributed by atoms with Crippen LogP contribution in [0.5, 0.6) is 11.5 Å². The zero-order valence-corrected chi connectivity index (χ0v) is 14.1. The van der Waals surface area contributed by atoms with Gasteiger partial charge in [-0.3, -0.25) is 0 Å². The predicted octanol–water partition coefficient (Wildman–Crippen LogP) is 4.65. The second-order valence-corrected chi connectivity index (χ2v) is 5.69. The van der Waals surface area contributed by atoms with Crippen molar-refractivity contribution in [2.75, 3.05) is 11.1 Å². The van der Waals surface area contributed by atoms with Crippen LogP contribution in [-0.4, -0.2) is 11.1 Å². The van der Waals surface area contributed by atoms with E-state index in [9.17, 15) is 18.7 Å². The number of carbonyl (C=O) groups is 1. The number of aromatic carboxylic acids is 1. The molecule has 0 amide bonds. The van der Waals surface area contributed by atoms with Crippen molar-refractivity contribution < 1.29 is 23.4 Å². The summed E-state index contributed by atoms with van der Waals surface area (Å²) < 4.78 is 33.1. The summed E-state index contributed by atoms with van der Waals surface area (Å²) in [6.45, 7) is -0.154. The van der Waals surface area contributed by atoms with Crippen molar-refractivity contribution in [3.05, 3.63) is 83.4 Å². The number of nitrogens with one attached hydrogen (secondary N) is 1. The molecule has 3 aromatic carbocycles. The van der Waals surface area contributed by atoms with Gasteiger partial charge in [0.1, 0.15) is 5.75 Å². The third-order valence-corrected chi connectivity index (χ3v) is 3.87. The number of anilines is 2. The van der Waals surface area contributed by atoms with E-state index in [0.29, 0.717) is 5.75 Å². The van der Waals surface area contributed by atoms with Crippen molar-refractivity contribution in [2.45, 2.75) is 6.54 Å². The number of nitrogen functional groups attached to an aromatic ring is 1. The summed E-state index contributed by atoms with van der Waals surface area (Å²) in [7, 11) is 0. The molecular formula is C20H16F2N2O3. The average Bonchev–Trinajstić information content (AvgIpc) is 2.65. The zero-order chi connectivity index (χ0) is 19.4. The molecule has 0 atom stereocenters. The van der Waals surface area contributed by atoms with Gasteiger partial charge in [0, 0.05) is 12.1 Å². The van der Waals surface area contributed by atoms with Gasteiger partial charge in [-0.2, -0.15) is 0 Å². The number of carboxylic acids is 1. The minimum atomic E-state index is -1.21. The van der Waals surface area contributed by atoms with Gasteiger partial charge in [-0.05, 0) is 30.3 Å². The maximum Gasteiger partial charge on any atom is 0.337 e. The van der Waals surface area contributed by atoms with Gasteiger partial charge >= 0.3 is 5.97 Å². The number of ether oxygens (including phenoxy) is 1. The number of carboxylic acid groups (broad SMARTS) is 1. The largest absolute Gasteiger partial charge is 0.478 e. The highest BCUT2D eigenvalue weighted by atomic mass is 19.2. The smallest absolute Gasteiger partial charge is 0.337 e. The predicted molar refractivity (Wildman–Crippen MR) is 98.0 cm³/mol. The Morgan fingerprint density at radius 3 is 2.48 bits per heavy atom. The molecule has 0 saturated heterocycles. The normalized spacial score (nSPS) is 10.4. The molecule has 0 fully saturated rings. The maximum absolute atomic E-state index is 13.9. The first-order chi connectivity index (χ1) is 13.0. The van der Waals surface area contributed by atoms with Crippen LogP contribution < -0.4 is 15.8 Å². The van der Waals surface area contributed by atoms with Crippen LogP contribution in [0, 0.1) is 11.6 Å². The second-order valence-electron chi connectivity index (χ2n) is 5.69. The Bertz CT molecular complexity index is 978. The van der Waals surface area contributed by atoms with E-state index >= 15 is 0 Å². The number of hydrogen-bond acceptors (Lipinski definition) is 4. The number of hydrogen-bond donors (Lipinski definition) is 3. The van der Waals surface area contributed by atoms with Crippen molar-refractivity contribution >= 4 is 17.3 Å². The number of rotatable bonds is 6. The molecule has 7 heteroatoms. The molecule has 0 spiro atoms. The van der Waals surface area contributed by atoms with Crippen molar-refractivity contribution in [1.29, 1.82) is 0 Å². The van der Waals surface area contributed by atoms with E-state index in [4.69, 9.17) is 10.5 Å². The van der Waals surface area contributed by atoms with Gasteiger partial charge in [-0.1, -0.05) is 30.3 Å². The van der Waals surface area contributed by atoms with E-state index in [-0.39, 0.29) is 34.8 Å². The maximum atomic E-state index is 13.9. The molecule has 0 radical (unpaired) electrons. The number of para-hydroxylation sites is 1. The number of nitrogens with two attached hydrogens (primary N) is 1. The lowest BCUT2D eigenvalue weighted by Crippen LogP contribution is -2.10. The summed E-state index contributed by atoms with van der Waals surface area (Å²) in [5.74, 6) is -2.66. The lowest BCUT2D eigenvalue weighted by atomic mass is 10.1. The monoisotopic (exact) mass is 370 g/mol. The topological polar surface area (TPSA) is 84.6 Å². The fourth-order valence-corrected chi connectivity index (χ4v) is 2.54. The Kier molecular flexibility index (Phi) is 5.21. The van der Waals surface area contributed by atoms with Gasteiger partial charge in [-0.15, -0.1) is 0 Å². The van der Waals surface area contributed by atoms with Crippen LogP contribution in [0.25, 0.3) is 0 Å². The quantitative estimate of drug-likeness (QED) is 0.550. The van der Waals surface area contributed by atoms with Crippen LogP contribution in [0.1, 0.15) is 15.9 Å². The van der Waals surface area contributed by atoms with E-state index in [1.54, 1.807) is 30.3 Å². The molecule has 3 aromatic rings. The van der Waals surface area contributed by atoms with Crippen LogP contribution >= 0.6 is 0 Å². The third kappa shape index (κ3) is 3.98. The summed E-state index contributed by atoms with van der Waals surface area (Å²) in [4.78, 5) is 11.6. The van der Waals surface area contributed by atoms with Crippen molar-refractivity contribution in [3.63, 3.8) is 0 Å². The van der Waals surface area contributed by atoms with Gasteiger partial charge < -0.3 is 20.9 Å². The van der Waals surface area contributed by atoms with E-state index in [0.717, 1.165) is 6.07 Å². The van der Waals surface area contributed by atoms with Crippen molar-refractivity contribution in [1.82, 2.24) is 0 Å². The number of halogens is 2. The highest BCUT2D eigenvalue weighted by Crippen LogP contribution is 2.38.